The van der Waals surface area contributed by atoms with Gasteiger partial charge in [-0.3, -0.25) is 28.8 Å². The van der Waals surface area contributed by atoms with Crippen molar-refractivity contribution in [1.82, 2.24) is 31.1 Å². The molecule has 1 aliphatic carbocycles. The second-order valence-corrected chi connectivity index (χ2v) is 14.5. The SMILES string of the molecule is CCCNC(=O)[C@@H](NC(=O)[C@@H]1CCCN1C(=O)[C@H](C)NC(=O)[C@@H]1CCCCN1C(=O)[C@H](CCCCN)NC(=O)CCC1CCCCC1)C(C)O.O=C=O. The summed E-state index contributed by atoms with van der Waals surface area (Å²) in [4.78, 5) is 99.3. The monoisotopic (exact) mass is 749 g/mol. The molecule has 1 unspecified atom stereocenters. The number of likely N-dealkylation sites (tertiary alicyclic amines) is 2. The molecule has 0 bridgehead atoms. The van der Waals surface area contributed by atoms with Gasteiger partial charge in [0.1, 0.15) is 30.2 Å². The maximum Gasteiger partial charge on any atom is 0.373 e. The van der Waals surface area contributed by atoms with E-state index in [0.717, 1.165) is 32.1 Å². The van der Waals surface area contributed by atoms with Crippen molar-refractivity contribution in [1.29, 1.82) is 0 Å². The fourth-order valence-corrected chi connectivity index (χ4v) is 7.43. The van der Waals surface area contributed by atoms with E-state index in [4.69, 9.17) is 15.3 Å². The summed E-state index contributed by atoms with van der Waals surface area (Å²) in [5, 5.41) is 21.2. The molecule has 0 aromatic rings. The van der Waals surface area contributed by atoms with Gasteiger partial charge in [-0.05, 0) is 90.5 Å². The summed E-state index contributed by atoms with van der Waals surface area (Å²) in [6, 6.07) is -4.56. The lowest BCUT2D eigenvalue weighted by atomic mass is 9.86. The first-order valence-electron chi connectivity index (χ1n) is 19.6. The van der Waals surface area contributed by atoms with Crippen molar-refractivity contribution >= 4 is 41.6 Å². The Morgan fingerprint density at radius 2 is 1.38 bits per heavy atom. The molecule has 7 N–H and O–H groups in total. The molecule has 0 radical (unpaired) electrons. The van der Waals surface area contributed by atoms with Crippen LogP contribution in [0, 0.1) is 5.92 Å². The molecule has 3 fully saturated rings. The Morgan fingerprint density at radius 3 is 2.00 bits per heavy atom. The summed E-state index contributed by atoms with van der Waals surface area (Å²) in [5.74, 6) is -1.84. The van der Waals surface area contributed by atoms with Crippen LogP contribution in [0.1, 0.15) is 124 Å². The zero-order chi connectivity index (χ0) is 39.3. The number of carbonyl (C=O) groups excluding carboxylic acids is 8. The molecule has 2 heterocycles. The summed E-state index contributed by atoms with van der Waals surface area (Å²) in [5.41, 5.74) is 5.71. The number of nitrogens with zero attached hydrogens (tertiary/aromatic N) is 2. The predicted molar refractivity (Wildman–Crippen MR) is 194 cm³/mol. The van der Waals surface area contributed by atoms with Crippen LogP contribution in [0.25, 0.3) is 0 Å². The van der Waals surface area contributed by atoms with Crippen molar-refractivity contribution in [2.24, 2.45) is 11.7 Å². The van der Waals surface area contributed by atoms with Crippen molar-refractivity contribution < 1.29 is 43.5 Å². The maximum absolute atomic E-state index is 14.0. The molecule has 16 nitrogen and oxygen atoms in total. The molecule has 1 saturated carbocycles. The van der Waals surface area contributed by atoms with Crippen molar-refractivity contribution in [3.63, 3.8) is 0 Å². The first-order valence-corrected chi connectivity index (χ1v) is 19.6. The van der Waals surface area contributed by atoms with Crippen molar-refractivity contribution in [3.8, 4) is 0 Å². The average Bonchev–Trinajstić information content (AvgIpc) is 3.65. The number of amides is 6. The van der Waals surface area contributed by atoms with E-state index < -0.39 is 59.9 Å². The molecule has 0 aromatic heterocycles. The van der Waals surface area contributed by atoms with Gasteiger partial charge in [-0.25, -0.2) is 0 Å². The summed E-state index contributed by atoms with van der Waals surface area (Å²) < 4.78 is 0. The van der Waals surface area contributed by atoms with E-state index in [0.29, 0.717) is 83.5 Å². The van der Waals surface area contributed by atoms with E-state index in [9.17, 15) is 33.9 Å². The highest BCUT2D eigenvalue weighted by Gasteiger charge is 2.40. The number of hydrogen-bond donors (Lipinski definition) is 6. The smallest absolute Gasteiger partial charge is 0.373 e. The molecule has 16 heteroatoms. The largest absolute Gasteiger partial charge is 0.391 e. The van der Waals surface area contributed by atoms with Gasteiger partial charge < -0.3 is 41.9 Å². The molecule has 2 saturated heterocycles. The molecular weight excluding hydrogens is 686 g/mol. The van der Waals surface area contributed by atoms with Gasteiger partial charge in [0.25, 0.3) is 0 Å². The Balaban J connectivity index is 0.00000313. The van der Waals surface area contributed by atoms with Gasteiger partial charge in [-0.2, -0.15) is 9.59 Å². The second-order valence-electron chi connectivity index (χ2n) is 14.5. The highest BCUT2D eigenvalue weighted by atomic mass is 16.3. The van der Waals surface area contributed by atoms with Crippen LogP contribution in [0.2, 0.25) is 0 Å². The van der Waals surface area contributed by atoms with E-state index in [-0.39, 0.29) is 18.0 Å². The Kier molecular flexibility index (Phi) is 20.9. The van der Waals surface area contributed by atoms with E-state index in [1.54, 1.807) is 11.8 Å². The molecule has 0 spiro atoms. The number of hydrogen-bond acceptors (Lipinski definition) is 10. The van der Waals surface area contributed by atoms with Crippen LogP contribution in [0.3, 0.4) is 0 Å². The number of aliphatic hydroxyl groups is 1. The lowest BCUT2D eigenvalue weighted by molar-refractivity contribution is -0.191. The van der Waals surface area contributed by atoms with Crippen LogP contribution in [0.15, 0.2) is 0 Å². The molecule has 3 rings (SSSR count). The molecule has 53 heavy (non-hydrogen) atoms. The molecule has 3 aliphatic rings. The summed E-state index contributed by atoms with van der Waals surface area (Å²) in [6.07, 6.45) is 11.6. The standard InChI is InChI=1S/C36H63N7O7.CO2/c1-4-21-38-34(48)31(25(3)44)41-33(47)29-17-12-23-42(29)35(49)24(2)39-32(46)28-16-9-11-22-43(28)36(50)27(15-8-10-20-37)40-30(45)19-18-26-13-6-5-7-14-26;2-1-3/h24-29,31,44H,4-23,37H2,1-3H3,(H,38,48)(H,39,46)(H,40,45)(H,41,47);/t24-,25?,27-,28-,29-,31-;/m0./s1. The first kappa shape index (κ1) is 45.3. The minimum absolute atomic E-state index is 0.149. The van der Waals surface area contributed by atoms with E-state index in [1.165, 1.54) is 31.1 Å². The van der Waals surface area contributed by atoms with Crippen LogP contribution < -0.4 is 27.0 Å². The Labute approximate surface area is 313 Å². The van der Waals surface area contributed by atoms with Gasteiger partial charge in [0, 0.05) is 26.1 Å². The highest BCUT2D eigenvalue weighted by Crippen LogP contribution is 2.27. The molecule has 300 valence electrons. The van der Waals surface area contributed by atoms with Crippen LogP contribution in [0.4, 0.5) is 0 Å². The Morgan fingerprint density at radius 1 is 0.792 bits per heavy atom. The minimum Gasteiger partial charge on any atom is -0.391 e. The molecule has 6 amide bonds. The fourth-order valence-electron chi connectivity index (χ4n) is 7.43. The van der Waals surface area contributed by atoms with Crippen LogP contribution in [-0.2, 0) is 38.4 Å². The average molecular weight is 750 g/mol. The number of nitrogens with two attached hydrogens (primary N) is 1. The second kappa shape index (κ2) is 24.4. The van der Waals surface area contributed by atoms with Crippen molar-refractivity contribution in [3.05, 3.63) is 0 Å². The molecule has 6 atom stereocenters. The van der Waals surface area contributed by atoms with E-state index in [2.05, 4.69) is 21.3 Å². The molecule has 0 aromatic carbocycles. The third kappa shape index (κ3) is 14.8. The van der Waals surface area contributed by atoms with Gasteiger partial charge in [-0.15, -0.1) is 0 Å². The fraction of sp³-hybridized carbons (Fsp3) is 0.811. The lowest BCUT2D eigenvalue weighted by Crippen LogP contribution is -2.60. The van der Waals surface area contributed by atoms with Gasteiger partial charge in [-0.1, -0.05) is 39.0 Å². The zero-order valence-corrected chi connectivity index (χ0v) is 31.9. The van der Waals surface area contributed by atoms with E-state index in [1.807, 2.05) is 6.92 Å². The lowest BCUT2D eigenvalue weighted by Gasteiger charge is -2.38. The van der Waals surface area contributed by atoms with Gasteiger partial charge in [0.05, 0.1) is 6.10 Å². The molecule has 2 aliphatic heterocycles. The quantitative estimate of drug-likeness (QED) is 0.107. The van der Waals surface area contributed by atoms with Crippen LogP contribution in [0.5, 0.6) is 0 Å². The topological polar surface area (TPSA) is 237 Å². The normalized spacial score (nSPS) is 21.1. The summed E-state index contributed by atoms with van der Waals surface area (Å²) >= 11 is 0. The van der Waals surface area contributed by atoms with Gasteiger partial charge >= 0.3 is 6.15 Å². The Hall–Kier alpha value is -3.88. The minimum atomic E-state index is -1.17. The predicted octanol–water partition coefficient (Wildman–Crippen LogP) is 0.646. The highest BCUT2D eigenvalue weighted by molar-refractivity contribution is 5.96. The third-order valence-corrected chi connectivity index (χ3v) is 10.4. The number of carbonyl (C=O) groups is 6. The third-order valence-electron chi connectivity index (χ3n) is 10.4. The van der Waals surface area contributed by atoms with E-state index >= 15 is 0 Å². The van der Waals surface area contributed by atoms with Crippen LogP contribution in [-0.4, -0.2) is 119 Å². The van der Waals surface area contributed by atoms with Crippen molar-refractivity contribution in [2.75, 3.05) is 26.2 Å². The number of piperidine rings is 1. The van der Waals surface area contributed by atoms with Crippen molar-refractivity contribution in [2.45, 2.75) is 160 Å². The maximum atomic E-state index is 14.0. The number of nitrogens with one attached hydrogen (secondary N) is 4. The Bertz CT molecular complexity index is 1240. The summed E-state index contributed by atoms with van der Waals surface area (Å²) in [6.45, 7) is 6.42. The molecular formula is C37H63N7O9. The zero-order valence-electron chi connectivity index (χ0n) is 31.9. The van der Waals surface area contributed by atoms with Gasteiger partial charge in [0.2, 0.25) is 35.4 Å². The number of unbranched alkanes of at least 4 members (excludes halogenated alkanes) is 1. The van der Waals surface area contributed by atoms with Crippen LogP contribution >= 0.6 is 0 Å². The van der Waals surface area contributed by atoms with Gasteiger partial charge in [0.15, 0.2) is 0 Å². The first-order chi connectivity index (χ1) is 25.4. The number of aliphatic hydroxyl groups excluding tert-OH is 1. The summed E-state index contributed by atoms with van der Waals surface area (Å²) in [7, 11) is 0. The number of rotatable bonds is 18.